The standard InChI is InChI=1S/C16H23N3O3.ClH/c1-16(2,3)13-6-5-12(11-14(13)19(21)22)15(20)18-9-4-7-17-8-10-18;/h5-6,11,17H,4,7-10H2,1-3H3;1H. The lowest BCUT2D eigenvalue weighted by atomic mass is 9.85. The maximum Gasteiger partial charge on any atom is 0.273 e. The first-order valence-corrected chi connectivity index (χ1v) is 7.59. The largest absolute Gasteiger partial charge is 0.337 e. The number of nitrogens with one attached hydrogen (secondary N) is 1. The molecule has 23 heavy (non-hydrogen) atoms. The SMILES string of the molecule is CC(C)(C)c1ccc(C(=O)N2CCCNCC2)cc1[N+](=O)[O-].Cl. The Morgan fingerprint density at radius 1 is 1.26 bits per heavy atom. The van der Waals surface area contributed by atoms with E-state index in [0.717, 1.165) is 19.5 Å². The molecule has 1 fully saturated rings. The van der Waals surface area contributed by atoms with Crippen LogP contribution in [0.1, 0.15) is 43.1 Å². The average Bonchev–Trinajstić information content (AvgIpc) is 2.74. The van der Waals surface area contributed by atoms with Gasteiger partial charge in [0.25, 0.3) is 11.6 Å². The molecule has 0 saturated carbocycles. The van der Waals surface area contributed by atoms with Crippen molar-refractivity contribution in [3.8, 4) is 0 Å². The fourth-order valence-electron chi connectivity index (χ4n) is 2.68. The van der Waals surface area contributed by atoms with Gasteiger partial charge in [0.1, 0.15) is 0 Å². The molecule has 0 unspecified atom stereocenters. The highest BCUT2D eigenvalue weighted by atomic mass is 35.5. The summed E-state index contributed by atoms with van der Waals surface area (Å²) in [6.45, 7) is 8.75. The van der Waals surface area contributed by atoms with E-state index in [4.69, 9.17) is 0 Å². The van der Waals surface area contributed by atoms with Crippen molar-refractivity contribution in [2.45, 2.75) is 32.6 Å². The quantitative estimate of drug-likeness (QED) is 0.663. The molecule has 0 bridgehead atoms. The molecular formula is C16H24ClN3O3. The molecule has 1 aromatic carbocycles. The molecule has 2 rings (SSSR count). The Hall–Kier alpha value is -1.66. The second-order valence-electron chi connectivity index (χ2n) is 6.63. The fraction of sp³-hybridized carbons (Fsp3) is 0.562. The number of nitrogens with zero attached hydrogens (tertiary/aromatic N) is 2. The number of rotatable bonds is 2. The smallest absolute Gasteiger partial charge is 0.273 e. The highest BCUT2D eigenvalue weighted by molar-refractivity contribution is 5.95. The van der Waals surface area contributed by atoms with Gasteiger partial charge >= 0.3 is 0 Å². The first kappa shape index (κ1) is 19.4. The molecule has 1 aliphatic heterocycles. The van der Waals surface area contributed by atoms with E-state index in [9.17, 15) is 14.9 Å². The molecule has 6 nitrogen and oxygen atoms in total. The molecule has 0 aromatic heterocycles. The number of amides is 1. The van der Waals surface area contributed by atoms with E-state index in [-0.39, 0.29) is 29.4 Å². The van der Waals surface area contributed by atoms with Crippen molar-refractivity contribution in [2.24, 2.45) is 0 Å². The Bertz CT molecular complexity index is 576. The predicted octanol–water partition coefficient (Wildman–Crippen LogP) is 2.75. The van der Waals surface area contributed by atoms with Gasteiger partial charge in [0.15, 0.2) is 0 Å². The minimum Gasteiger partial charge on any atom is -0.337 e. The van der Waals surface area contributed by atoms with Crippen LogP contribution in [0.4, 0.5) is 5.69 Å². The van der Waals surface area contributed by atoms with Crippen LogP contribution >= 0.6 is 12.4 Å². The summed E-state index contributed by atoms with van der Waals surface area (Å²) in [7, 11) is 0. The summed E-state index contributed by atoms with van der Waals surface area (Å²) in [6, 6.07) is 4.83. The Labute approximate surface area is 142 Å². The number of hydrogen-bond donors (Lipinski definition) is 1. The van der Waals surface area contributed by atoms with Gasteiger partial charge in [0, 0.05) is 36.8 Å². The van der Waals surface area contributed by atoms with Gasteiger partial charge in [-0.15, -0.1) is 12.4 Å². The second kappa shape index (κ2) is 7.75. The highest BCUT2D eigenvalue weighted by Crippen LogP contribution is 2.32. The number of halogens is 1. The first-order chi connectivity index (χ1) is 10.3. The lowest BCUT2D eigenvalue weighted by Gasteiger charge is -2.22. The Morgan fingerprint density at radius 3 is 2.57 bits per heavy atom. The Morgan fingerprint density at radius 2 is 1.96 bits per heavy atom. The summed E-state index contributed by atoms with van der Waals surface area (Å²) < 4.78 is 0. The Balaban J connectivity index is 0.00000264. The minimum absolute atomic E-state index is 0. The van der Waals surface area contributed by atoms with Crippen LogP contribution in [0.5, 0.6) is 0 Å². The number of nitro groups is 1. The normalized spacial score (nSPS) is 15.5. The van der Waals surface area contributed by atoms with Crippen molar-refractivity contribution in [1.29, 1.82) is 0 Å². The van der Waals surface area contributed by atoms with E-state index in [1.165, 1.54) is 6.07 Å². The van der Waals surface area contributed by atoms with E-state index in [1.807, 2.05) is 20.8 Å². The van der Waals surface area contributed by atoms with E-state index < -0.39 is 4.92 Å². The van der Waals surface area contributed by atoms with Crippen LogP contribution in [-0.4, -0.2) is 41.9 Å². The monoisotopic (exact) mass is 341 g/mol. The second-order valence-corrected chi connectivity index (χ2v) is 6.63. The van der Waals surface area contributed by atoms with Gasteiger partial charge < -0.3 is 10.2 Å². The summed E-state index contributed by atoms with van der Waals surface area (Å²) in [5.41, 5.74) is 0.718. The van der Waals surface area contributed by atoms with Crippen molar-refractivity contribution < 1.29 is 9.72 Å². The van der Waals surface area contributed by atoms with E-state index >= 15 is 0 Å². The molecule has 128 valence electrons. The first-order valence-electron chi connectivity index (χ1n) is 7.59. The van der Waals surface area contributed by atoms with Crippen LogP contribution in [0.15, 0.2) is 18.2 Å². The van der Waals surface area contributed by atoms with Crippen molar-refractivity contribution in [3.63, 3.8) is 0 Å². The van der Waals surface area contributed by atoms with Crippen LogP contribution in [0.2, 0.25) is 0 Å². The van der Waals surface area contributed by atoms with Crippen molar-refractivity contribution in [2.75, 3.05) is 26.2 Å². The third kappa shape index (κ3) is 4.65. The lowest BCUT2D eigenvalue weighted by Crippen LogP contribution is -2.34. The molecule has 1 heterocycles. The predicted molar refractivity (Wildman–Crippen MR) is 92.4 cm³/mol. The van der Waals surface area contributed by atoms with Crippen molar-refractivity contribution in [1.82, 2.24) is 10.2 Å². The van der Waals surface area contributed by atoms with Crippen LogP contribution in [-0.2, 0) is 5.41 Å². The van der Waals surface area contributed by atoms with Gasteiger partial charge in [0.05, 0.1) is 4.92 Å². The van der Waals surface area contributed by atoms with Gasteiger partial charge in [-0.3, -0.25) is 14.9 Å². The molecule has 1 saturated heterocycles. The minimum atomic E-state index is -0.401. The lowest BCUT2D eigenvalue weighted by molar-refractivity contribution is -0.386. The van der Waals surface area contributed by atoms with Gasteiger partial charge in [-0.1, -0.05) is 26.8 Å². The van der Waals surface area contributed by atoms with Crippen LogP contribution in [0.25, 0.3) is 0 Å². The molecule has 0 spiro atoms. The maximum atomic E-state index is 12.6. The van der Waals surface area contributed by atoms with Gasteiger partial charge in [0.2, 0.25) is 0 Å². The highest BCUT2D eigenvalue weighted by Gasteiger charge is 2.27. The summed E-state index contributed by atoms with van der Waals surface area (Å²) in [4.78, 5) is 25.3. The van der Waals surface area contributed by atoms with Gasteiger partial charge in [-0.2, -0.15) is 0 Å². The number of hydrogen-bond acceptors (Lipinski definition) is 4. The van der Waals surface area contributed by atoms with E-state index in [2.05, 4.69) is 5.32 Å². The summed E-state index contributed by atoms with van der Waals surface area (Å²) in [6.07, 6.45) is 0.897. The third-order valence-corrected chi connectivity index (χ3v) is 3.88. The van der Waals surface area contributed by atoms with Crippen LogP contribution in [0, 0.1) is 10.1 Å². The third-order valence-electron chi connectivity index (χ3n) is 3.88. The molecule has 1 aliphatic rings. The zero-order valence-corrected chi connectivity index (χ0v) is 14.6. The fourth-order valence-corrected chi connectivity index (χ4v) is 2.68. The van der Waals surface area contributed by atoms with Crippen molar-refractivity contribution in [3.05, 3.63) is 39.4 Å². The number of carbonyl (C=O) groups is 1. The molecule has 1 N–H and O–H groups in total. The molecule has 0 aliphatic carbocycles. The average molecular weight is 342 g/mol. The molecule has 1 aromatic rings. The summed E-state index contributed by atoms with van der Waals surface area (Å²) >= 11 is 0. The van der Waals surface area contributed by atoms with E-state index in [1.54, 1.807) is 17.0 Å². The molecular weight excluding hydrogens is 318 g/mol. The molecule has 0 radical (unpaired) electrons. The zero-order valence-electron chi connectivity index (χ0n) is 13.8. The van der Waals surface area contributed by atoms with Gasteiger partial charge in [-0.05, 0) is 24.4 Å². The Kier molecular flexibility index (Phi) is 6.53. The summed E-state index contributed by atoms with van der Waals surface area (Å²) in [5, 5.41) is 14.6. The van der Waals surface area contributed by atoms with Crippen LogP contribution < -0.4 is 5.32 Å². The number of nitro benzene ring substituents is 1. The van der Waals surface area contributed by atoms with Gasteiger partial charge in [-0.25, -0.2) is 0 Å². The molecule has 7 heteroatoms. The zero-order chi connectivity index (χ0) is 16.3. The summed E-state index contributed by atoms with van der Waals surface area (Å²) in [5.74, 6) is -0.132. The maximum absolute atomic E-state index is 12.6. The molecule has 1 amide bonds. The van der Waals surface area contributed by atoms with Crippen LogP contribution in [0.3, 0.4) is 0 Å². The van der Waals surface area contributed by atoms with Crippen molar-refractivity contribution >= 4 is 24.0 Å². The molecule has 0 atom stereocenters. The number of carbonyl (C=O) groups excluding carboxylic acids is 1. The topological polar surface area (TPSA) is 75.5 Å². The number of benzene rings is 1. The van der Waals surface area contributed by atoms with E-state index in [0.29, 0.717) is 24.2 Å².